The molecule has 0 aromatic carbocycles. The number of hydrogen-bond acceptors (Lipinski definition) is 1. The van der Waals surface area contributed by atoms with Crippen LogP contribution in [0.1, 0.15) is 0 Å². The van der Waals surface area contributed by atoms with E-state index in [1.165, 1.54) is 0 Å². The smallest absolute Gasteiger partial charge is 0.211 e. The molecule has 0 spiro atoms. The first-order valence-corrected chi connectivity index (χ1v) is 7.63. The fourth-order valence-corrected chi connectivity index (χ4v) is 4.35. The van der Waals surface area contributed by atoms with Gasteiger partial charge in [0, 0.05) is 12.1 Å². The molecule has 0 aliphatic rings. The Morgan fingerprint density at radius 3 is 2.09 bits per heavy atom. The molecule has 0 atom stereocenters. The summed E-state index contributed by atoms with van der Waals surface area (Å²) in [5.41, 5.74) is 0. The van der Waals surface area contributed by atoms with E-state index in [-0.39, 0.29) is 0 Å². The molecule has 58 valence electrons. The summed E-state index contributed by atoms with van der Waals surface area (Å²) >= 11 is 0. The molecule has 2 radical (unpaired) electrons. The van der Waals surface area contributed by atoms with E-state index in [0.717, 1.165) is 12.1 Å². The highest BCUT2D eigenvalue weighted by Gasteiger charge is 2.25. The van der Waals surface area contributed by atoms with E-state index in [1.807, 2.05) is 6.55 Å². The number of hydrogen-bond donors (Lipinski definition) is 0. The highest BCUT2D eigenvalue weighted by Crippen LogP contribution is 2.14. The minimum absolute atomic E-state index is 0.499. The van der Waals surface area contributed by atoms with Gasteiger partial charge < -0.3 is 4.12 Å². The lowest BCUT2D eigenvalue weighted by molar-refractivity contribution is 0.592. The number of terminal acetylenes is 2. The van der Waals surface area contributed by atoms with Crippen LogP contribution >= 0.6 is 0 Å². The van der Waals surface area contributed by atoms with Gasteiger partial charge >= 0.3 is 0 Å². The van der Waals surface area contributed by atoms with Crippen molar-refractivity contribution in [3.05, 3.63) is 0 Å². The van der Waals surface area contributed by atoms with Gasteiger partial charge in [-0.25, -0.2) is 0 Å². The molecule has 0 aliphatic carbocycles. The summed E-state index contributed by atoms with van der Waals surface area (Å²) in [6.07, 6.45) is 10.4. The third kappa shape index (κ3) is 4.05. The van der Waals surface area contributed by atoms with Crippen molar-refractivity contribution in [1.29, 1.82) is 0 Å². The van der Waals surface area contributed by atoms with Crippen molar-refractivity contribution in [3.8, 4) is 24.7 Å². The first-order chi connectivity index (χ1) is 5.18. The first-order valence-electron chi connectivity index (χ1n) is 3.40. The molecule has 0 aromatic rings. The predicted octanol–water partition coefficient (Wildman–Crippen LogP) is 1.51. The van der Waals surface area contributed by atoms with Gasteiger partial charge in [0.1, 0.15) is 0 Å². The standard InChI is InChI=1S/C8H12OSi2/c1-5-7-11(4,8-6-2)9-10-3/h1-2H,7-8H2,3-4H3. The zero-order chi connectivity index (χ0) is 8.74. The van der Waals surface area contributed by atoms with Crippen molar-refractivity contribution in [2.75, 3.05) is 0 Å². The van der Waals surface area contributed by atoms with Crippen molar-refractivity contribution >= 4 is 18.1 Å². The summed E-state index contributed by atoms with van der Waals surface area (Å²) in [6.45, 7) is 4.08. The summed E-state index contributed by atoms with van der Waals surface area (Å²) in [4.78, 5) is 0. The molecule has 0 aromatic heterocycles. The Morgan fingerprint density at radius 2 is 1.82 bits per heavy atom. The molecule has 0 unspecified atom stereocenters. The van der Waals surface area contributed by atoms with E-state index in [0.29, 0.717) is 9.76 Å². The van der Waals surface area contributed by atoms with Gasteiger partial charge in [-0.3, -0.25) is 0 Å². The lowest BCUT2D eigenvalue weighted by atomic mass is 10.8. The maximum atomic E-state index is 5.59. The maximum Gasteiger partial charge on any atom is 0.211 e. The fraction of sp³-hybridized carbons (Fsp3) is 0.500. The van der Waals surface area contributed by atoms with Crippen LogP contribution in [0.3, 0.4) is 0 Å². The predicted molar refractivity (Wildman–Crippen MR) is 51.6 cm³/mol. The first kappa shape index (κ1) is 10.5. The van der Waals surface area contributed by atoms with Gasteiger partial charge in [0.25, 0.3) is 0 Å². The van der Waals surface area contributed by atoms with Crippen LogP contribution in [0.15, 0.2) is 0 Å². The highest BCUT2D eigenvalue weighted by atomic mass is 28.4. The quantitative estimate of drug-likeness (QED) is 0.471. The molecule has 0 aliphatic heterocycles. The Hall–Kier alpha value is -0.486. The van der Waals surface area contributed by atoms with Gasteiger partial charge in [-0.1, -0.05) is 0 Å². The van der Waals surface area contributed by atoms with E-state index in [4.69, 9.17) is 17.0 Å². The number of rotatable bonds is 4. The molecule has 1 nitrogen and oxygen atoms in total. The molecule has 0 amide bonds. The summed E-state index contributed by atoms with van der Waals surface area (Å²) in [6, 6.07) is 1.44. The Morgan fingerprint density at radius 1 is 1.36 bits per heavy atom. The Kier molecular flexibility index (Phi) is 4.97. The van der Waals surface area contributed by atoms with Crippen LogP contribution in [0.5, 0.6) is 0 Å². The van der Waals surface area contributed by atoms with E-state index in [1.54, 1.807) is 0 Å². The van der Waals surface area contributed by atoms with Gasteiger partial charge in [0.05, 0.1) is 0 Å². The zero-order valence-electron chi connectivity index (χ0n) is 6.98. The van der Waals surface area contributed by atoms with Crippen molar-refractivity contribution < 1.29 is 4.12 Å². The molecular weight excluding hydrogens is 168 g/mol. The van der Waals surface area contributed by atoms with Crippen molar-refractivity contribution in [2.24, 2.45) is 0 Å². The van der Waals surface area contributed by atoms with Gasteiger partial charge in [0.2, 0.25) is 9.76 Å². The van der Waals surface area contributed by atoms with Crippen LogP contribution in [-0.2, 0) is 4.12 Å². The van der Waals surface area contributed by atoms with Crippen LogP contribution in [0, 0.1) is 24.7 Å². The maximum absolute atomic E-state index is 5.59. The topological polar surface area (TPSA) is 9.23 Å². The average Bonchev–Trinajstić information content (AvgIpc) is 1.88. The van der Waals surface area contributed by atoms with Gasteiger partial charge in [0.15, 0.2) is 8.32 Å². The summed E-state index contributed by atoms with van der Waals surface area (Å²) < 4.78 is 5.59. The van der Waals surface area contributed by atoms with Crippen LogP contribution in [-0.4, -0.2) is 18.1 Å². The molecule has 0 saturated heterocycles. The molecule has 0 saturated carbocycles. The minimum atomic E-state index is -1.71. The van der Waals surface area contributed by atoms with E-state index in [9.17, 15) is 0 Å². The van der Waals surface area contributed by atoms with Crippen LogP contribution in [0.4, 0.5) is 0 Å². The van der Waals surface area contributed by atoms with Crippen LogP contribution in [0.25, 0.3) is 0 Å². The Balaban J connectivity index is 4.05. The Labute approximate surface area is 72.6 Å². The largest absolute Gasteiger partial charge is 0.455 e. The third-order valence-electron chi connectivity index (χ3n) is 1.30. The SMILES string of the molecule is C#CC[Si](C)(CC#C)O[Si]C. The van der Waals surface area contributed by atoms with Crippen LogP contribution < -0.4 is 0 Å². The van der Waals surface area contributed by atoms with Crippen LogP contribution in [0.2, 0.25) is 25.2 Å². The van der Waals surface area contributed by atoms with E-state index < -0.39 is 8.32 Å². The lowest BCUT2D eigenvalue weighted by Gasteiger charge is -2.21. The monoisotopic (exact) mass is 180 g/mol. The minimum Gasteiger partial charge on any atom is -0.455 e. The summed E-state index contributed by atoms with van der Waals surface area (Å²) in [5.74, 6) is 5.25. The summed E-state index contributed by atoms with van der Waals surface area (Å²) in [7, 11) is -1.21. The van der Waals surface area contributed by atoms with E-state index >= 15 is 0 Å². The molecule has 0 heterocycles. The highest BCUT2D eigenvalue weighted by molar-refractivity contribution is 6.77. The lowest BCUT2D eigenvalue weighted by Crippen LogP contribution is -2.34. The zero-order valence-corrected chi connectivity index (χ0v) is 8.98. The molecular formula is C8H12OSi2. The van der Waals surface area contributed by atoms with Gasteiger partial charge in [-0.15, -0.1) is 24.7 Å². The summed E-state index contributed by atoms with van der Waals surface area (Å²) in [5, 5.41) is 0. The van der Waals surface area contributed by atoms with Gasteiger partial charge in [-0.2, -0.15) is 0 Å². The molecule has 0 bridgehead atoms. The molecule has 0 N–H and O–H groups in total. The second-order valence-electron chi connectivity index (χ2n) is 2.52. The molecule has 0 fully saturated rings. The third-order valence-corrected chi connectivity index (χ3v) is 5.99. The van der Waals surface area contributed by atoms with Crippen molar-refractivity contribution in [3.63, 3.8) is 0 Å². The molecule has 0 rings (SSSR count). The second kappa shape index (κ2) is 5.20. The molecule has 3 heteroatoms. The van der Waals surface area contributed by atoms with Crippen molar-refractivity contribution in [1.82, 2.24) is 0 Å². The van der Waals surface area contributed by atoms with E-state index in [2.05, 4.69) is 18.4 Å². The fourth-order valence-electron chi connectivity index (χ4n) is 0.813. The Bertz CT molecular complexity index is 171. The molecule has 11 heavy (non-hydrogen) atoms. The second-order valence-corrected chi connectivity index (χ2v) is 7.35. The normalized spacial score (nSPS) is 10.2. The van der Waals surface area contributed by atoms with Gasteiger partial charge in [-0.05, 0) is 13.1 Å². The van der Waals surface area contributed by atoms with Crippen molar-refractivity contribution in [2.45, 2.75) is 25.2 Å². The average molecular weight is 180 g/mol.